The Morgan fingerprint density at radius 1 is 1.70 bits per heavy atom. The zero-order valence-electron chi connectivity index (χ0n) is 6.26. The monoisotopic (exact) mass is 147 g/mol. The molecule has 3 heteroatoms. The Morgan fingerprint density at radius 3 is 2.70 bits per heavy atom. The van der Waals surface area contributed by atoms with E-state index in [9.17, 15) is 4.39 Å². The molecule has 1 N–H and O–H groups in total. The standard InChI is InChI=1S/C7H14FNO/c1-6(5-10)9-3-7(2-8)4-9/h6-7,10H,2-5H2,1H3. The van der Waals surface area contributed by atoms with Gasteiger partial charge in [0.05, 0.1) is 13.3 Å². The first-order valence-electron chi connectivity index (χ1n) is 3.68. The molecule has 0 aromatic rings. The highest BCUT2D eigenvalue weighted by Crippen LogP contribution is 2.18. The summed E-state index contributed by atoms with van der Waals surface area (Å²) >= 11 is 0. The van der Waals surface area contributed by atoms with Gasteiger partial charge in [0, 0.05) is 25.0 Å². The molecule has 0 aromatic carbocycles. The molecule has 1 saturated heterocycles. The summed E-state index contributed by atoms with van der Waals surface area (Å²) in [7, 11) is 0. The molecular formula is C7H14FNO. The van der Waals surface area contributed by atoms with Gasteiger partial charge in [0.1, 0.15) is 0 Å². The highest BCUT2D eigenvalue weighted by Gasteiger charge is 2.29. The molecule has 0 aromatic heterocycles. The van der Waals surface area contributed by atoms with Crippen LogP contribution in [0.15, 0.2) is 0 Å². The summed E-state index contributed by atoms with van der Waals surface area (Å²) in [5.41, 5.74) is 0. The molecular weight excluding hydrogens is 133 g/mol. The Balaban J connectivity index is 2.13. The van der Waals surface area contributed by atoms with Crippen molar-refractivity contribution in [2.45, 2.75) is 13.0 Å². The van der Waals surface area contributed by atoms with Crippen molar-refractivity contribution in [2.24, 2.45) is 5.92 Å². The van der Waals surface area contributed by atoms with Crippen molar-refractivity contribution in [3.05, 3.63) is 0 Å². The number of rotatable bonds is 3. The van der Waals surface area contributed by atoms with Crippen molar-refractivity contribution in [1.29, 1.82) is 0 Å². The van der Waals surface area contributed by atoms with Gasteiger partial charge in [0.15, 0.2) is 0 Å². The fourth-order valence-electron chi connectivity index (χ4n) is 1.18. The lowest BCUT2D eigenvalue weighted by Crippen LogP contribution is -2.52. The quantitative estimate of drug-likeness (QED) is 0.619. The summed E-state index contributed by atoms with van der Waals surface area (Å²) in [6, 6.07) is 0.211. The predicted octanol–water partition coefficient (Wildman–Crippen LogP) is 0.269. The van der Waals surface area contributed by atoms with Crippen LogP contribution < -0.4 is 0 Å². The van der Waals surface area contributed by atoms with Crippen LogP contribution in [0.1, 0.15) is 6.92 Å². The average Bonchev–Trinajstić information content (AvgIpc) is 1.85. The Morgan fingerprint density at radius 2 is 2.30 bits per heavy atom. The number of halogens is 1. The average molecular weight is 147 g/mol. The Hall–Kier alpha value is -0.150. The van der Waals surface area contributed by atoms with Crippen LogP contribution >= 0.6 is 0 Å². The molecule has 0 saturated carbocycles. The van der Waals surface area contributed by atoms with Crippen molar-refractivity contribution in [3.63, 3.8) is 0 Å². The second kappa shape index (κ2) is 3.30. The molecule has 1 aliphatic rings. The molecule has 0 amide bonds. The predicted molar refractivity (Wildman–Crippen MR) is 37.6 cm³/mol. The highest BCUT2D eigenvalue weighted by atomic mass is 19.1. The van der Waals surface area contributed by atoms with Gasteiger partial charge in [-0.3, -0.25) is 9.29 Å². The Kier molecular flexibility index (Phi) is 2.63. The van der Waals surface area contributed by atoms with Gasteiger partial charge in [-0.05, 0) is 6.92 Å². The third-order valence-corrected chi connectivity index (χ3v) is 2.09. The summed E-state index contributed by atoms with van der Waals surface area (Å²) in [6.07, 6.45) is 0. The fraction of sp³-hybridized carbons (Fsp3) is 1.00. The van der Waals surface area contributed by atoms with E-state index in [0.717, 1.165) is 13.1 Å². The lowest BCUT2D eigenvalue weighted by molar-refractivity contribution is 0.0219. The van der Waals surface area contributed by atoms with Crippen molar-refractivity contribution in [1.82, 2.24) is 4.90 Å². The van der Waals surface area contributed by atoms with E-state index in [2.05, 4.69) is 4.90 Å². The summed E-state index contributed by atoms with van der Waals surface area (Å²) in [6.45, 7) is 3.55. The summed E-state index contributed by atoms with van der Waals surface area (Å²) in [5.74, 6) is 0.231. The van der Waals surface area contributed by atoms with Crippen LogP contribution in [0.5, 0.6) is 0 Å². The molecule has 1 heterocycles. The van der Waals surface area contributed by atoms with Crippen LogP contribution in [0, 0.1) is 5.92 Å². The van der Waals surface area contributed by atoms with E-state index < -0.39 is 0 Å². The molecule has 60 valence electrons. The molecule has 1 rings (SSSR count). The number of hydrogen-bond donors (Lipinski definition) is 1. The largest absolute Gasteiger partial charge is 0.395 e. The van der Waals surface area contributed by atoms with Gasteiger partial charge < -0.3 is 5.11 Å². The summed E-state index contributed by atoms with van der Waals surface area (Å²) < 4.78 is 11.9. The van der Waals surface area contributed by atoms with Gasteiger partial charge in [-0.25, -0.2) is 0 Å². The Bertz CT molecular complexity index is 104. The summed E-state index contributed by atoms with van der Waals surface area (Å²) in [5, 5.41) is 8.69. The van der Waals surface area contributed by atoms with E-state index >= 15 is 0 Å². The van der Waals surface area contributed by atoms with Gasteiger partial charge in [-0.2, -0.15) is 0 Å². The zero-order valence-corrected chi connectivity index (χ0v) is 6.26. The highest BCUT2D eigenvalue weighted by molar-refractivity contribution is 4.82. The van der Waals surface area contributed by atoms with Crippen molar-refractivity contribution < 1.29 is 9.50 Å². The first kappa shape index (κ1) is 7.95. The van der Waals surface area contributed by atoms with Gasteiger partial charge in [0.25, 0.3) is 0 Å². The third kappa shape index (κ3) is 1.47. The number of hydrogen-bond acceptors (Lipinski definition) is 2. The number of aliphatic hydroxyl groups excluding tert-OH is 1. The van der Waals surface area contributed by atoms with E-state index in [4.69, 9.17) is 5.11 Å². The number of alkyl halides is 1. The maximum Gasteiger partial charge on any atom is 0.0947 e. The zero-order chi connectivity index (χ0) is 7.56. The molecule has 0 radical (unpaired) electrons. The second-order valence-electron chi connectivity index (χ2n) is 3.01. The topological polar surface area (TPSA) is 23.5 Å². The van der Waals surface area contributed by atoms with Crippen molar-refractivity contribution in [2.75, 3.05) is 26.4 Å². The van der Waals surface area contributed by atoms with E-state index in [1.54, 1.807) is 0 Å². The van der Waals surface area contributed by atoms with Crippen molar-refractivity contribution >= 4 is 0 Å². The molecule has 0 bridgehead atoms. The molecule has 10 heavy (non-hydrogen) atoms. The van der Waals surface area contributed by atoms with Crippen LogP contribution in [0.2, 0.25) is 0 Å². The molecule has 1 atom stereocenters. The first-order chi connectivity index (χ1) is 4.77. The normalized spacial score (nSPS) is 24.3. The van der Waals surface area contributed by atoms with E-state index in [1.807, 2.05) is 6.92 Å². The minimum Gasteiger partial charge on any atom is -0.395 e. The lowest BCUT2D eigenvalue weighted by atomic mass is 10.00. The Labute approximate surface area is 60.6 Å². The van der Waals surface area contributed by atoms with Crippen LogP contribution in [-0.4, -0.2) is 42.4 Å². The molecule has 0 spiro atoms. The maximum absolute atomic E-state index is 11.9. The van der Waals surface area contributed by atoms with Gasteiger partial charge in [-0.15, -0.1) is 0 Å². The van der Waals surface area contributed by atoms with Crippen molar-refractivity contribution in [3.8, 4) is 0 Å². The SMILES string of the molecule is CC(CO)N1CC(CF)C1. The van der Waals surface area contributed by atoms with E-state index in [0.29, 0.717) is 0 Å². The summed E-state index contributed by atoms with van der Waals surface area (Å²) in [4.78, 5) is 2.09. The minimum absolute atomic E-state index is 0.180. The number of likely N-dealkylation sites (tertiary alicyclic amines) is 1. The van der Waals surface area contributed by atoms with Crippen LogP contribution in [0.25, 0.3) is 0 Å². The molecule has 1 aliphatic heterocycles. The smallest absolute Gasteiger partial charge is 0.0947 e. The van der Waals surface area contributed by atoms with Gasteiger partial charge >= 0.3 is 0 Å². The second-order valence-corrected chi connectivity index (χ2v) is 3.01. The number of aliphatic hydroxyl groups is 1. The number of nitrogens with zero attached hydrogens (tertiary/aromatic N) is 1. The molecule has 1 unspecified atom stereocenters. The third-order valence-electron chi connectivity index (χ3n) is 2.09. The van der Waals surface area contributed by atoms with E-state index in [1.165, 1.54) is 0 Å². The van der Waals surface area contributed by atoms with Crippen LogP contribution in [0.3, 0.4) is 0 Å². The fourth-order valence-corrected chi connectivity index (χ4v) is 1.18. The molecule has 0 aliphatic carbocycles. The molecule has 2 nitrogen and oxygen atoms in total. The molecule has 1 fully saturated rings. The van der Waals surface area contributed by atoms with Gasteiger partial charge in [0.2, 0.25) is 0 Å². The first-order valence-corrected chi connectivity index (χ1v) is 3.68. The minimum atomic E-state index is -0.214. The maximum atomic E-state index is 11.9. The lowest BCUT2D eigenvalue weighted by Gasteiger charge is -2.41. The van der Waals surface area contributed by atoms with Crippen LogP contribution in [0.4, 0.5) is 4.39 Å². The van der Waals surface area contributed by atoms with Crippen LogP contribution in [-0.2, 0) is 0 Å². The van der Waals surface area contributed by atoms with E-state index in [-0.39, 0.29) is 25.2 Å². The van der Waals surface area contributed by atoms with Gasteiger partial charge in [-0.1, -0.05) is 0 Å².